The van der Waals surface area contributed by atoms with Crippen LogP contribution in [0.2, 0.25) is 0 Å². The highest BCUT2D eigenvalue weighted by Gasteiger charge is 2.17. The molecular weight excluding hydrogens is 242 g/mol. The van der Waals surface area contributed by atoms with E-state index in [0.717, 1.165) is 10.6 Å². The van der Waals surface area contributed by atoms with Crippen LogP contribution in [-0.4, -0.2) is 36.1 Å². The summed E-state index contributed by atoms with van der Waals surface area (Å²) in [5, 5.41) is 4.67. The fourth-order valence-corrected chi connectivity index (χ4v) is 3.46. The quantitative estimate of drug-likeness (QED) is 0.900. The number of nitrogens with zero attached hydrogens (tertiary/aromatic N) is 2. The van der Waals surface area contributed by atoms with Crippen LogP contribution in [-0.2, 0) is 0 Å². The molecule has 1 aromatic carbocycles. The van der Waals surface area contributed by atoms with Crippen LogP contribution in [0.25, 0.3) is 10.2 Å². The Labute approximate surface area is 112 Å². The number of aryl methyl sites for hydroxylation is 1. The Balaban J connectivity index is 1.74. The summed E-state index contributed by atoms with van der Waals surface area (Å²) < 4.78 is 1.28. The Morgan fingerprint density at radius 1 is 1.33 bits per heavy atom. The molecular formula is C14H19N3S. The van der Waals surface area contributed by atoms with E-state index in [0.29, 0.717) is 6.04 Å². The average molecular weight is 261 g/mol. The van der Waals surface area contributed by atoms with Crippen molar-refractivity contribution in [1.29, 1.82) is 0 Å². The van der Waals surface area contributed by atoms with Gasteiger partial charge in [0.05, 0.1) is 10.2 Å². The van der Waals surface area contributed by atoms with Crippen molar-refractivity contribution in [2.75, 3.05) is 25.5 Å². The van der Waals surface area contributed by atoms with E-state index in [1.165, 1.54) is 36.2 Å². The SMILES string of the molecule is Cc1ccc2nc(NC3CCN(C)CC3)sc2c1. The number of fused-ring (bicyclic) bond motifs is 1. The molecule has 1 fully saturated rings. The molecule has 0 bridgehead atoms. The first kappa shape index (κ1) is 11.9. The molecule has 1 aromatic heterocycles. The van der Waals surface area contributed by atoms with Crippen molar-refractivity contribution >= 4 is 26.7 Å². The molecule has 3 nitrogen and oxygen atoms in total. The maximum Gasteiger partial charge on any atom is 0.184 e. The van der Waals surface area contributed by atoms with Crippen molar-refractivity contribution < 1.29 is 0 Å². The molecule has 96 valence electrons. The highest BCUT2D eigenvalue weighted by Crippen LogP contribution is 2.28. The first-order valence-corrected chi connectivity index (χ1v) is 7.34. The molecule has 2 heterocycles. The van der Waals surface area contributed by atoms with Crippen LogP contribution in [0.15, 0.2) is 18.2 Å². The summed E-state index contributed by atoms with van der Waals surface area (Å²) in [5.41, 5.74) is 2.41. The average Bonchev–Trinajstić information content (AvgIpc) is 2.73. The van der Waals surface area contributed by atoms with E-state index in [4.69, 9.17) is 0 Å². The van der Waals surface area contributed by atoms with E-state index >= 15 is 0 Å². The molecule has 0 spiro atoms. The summed E-state index contributed by atoms with van der Waals surface area (Å²) in [4.78, 5) is 7.05. The van der Waals surface area contributed by atoms with Crippen molar-refractivity contribution in [2.45, 2.75) is 25.8 Å². The molecule has 0 amide bonds. The van der Waals surface area contributed by atoms with Gasteiger partial charge in [-0.3, -0.25) is 0 Å². The first-order chi connectivity index (χ1) is 8.70. The van der Waals surface area contributed by atoms with Gasteiger partial charge in [0.15, 0.2) is 5.13 Å². The molecule has 0 unspecified atom stereocenters. The minimum atomic E-state index is 0.586. The van der Waals surface area contributed by atoms with Gasteiger partial charge in [-0.1, -0.05) is 17.4 Å². The number of rotatable bonds is 2. The fraction of sp³-hybridized carbons (Fsp3) is 0.500. The van der Waals surface area contributed by atoms with E-state index in [1.807, 2.05) is 0 Å². The predicted octanol–water partition coefficient (Wildman–Crippen LogP) is 3.11. The van der Waals surface area contributed by atoms with Gasteiger partial charge < -0.3 is 10.2 Å². The van der Waals surface area contributed by atoms with E-state index in [-0.39, 0.29) is 0 Å². The van der Waals surface area contributed by atoms with Crippen molar-refractivity contribution in [1.82, 2.24) is 9.88 Å². The lowest BCUT2D eigenvalue weighted by Gasteiger charge is -2.29. The number of hydrogen-bond acceptors (Lipinski definition) is 4. The van der Waals surface area contributed by atoms with Crippen LogP contribution in [0, 0.1) is 6.92 Å². The zero-order valence-corrected chi connectivity index (χ0v) is 11.8. The summed E-state index contributed by atoms with van der Waals surface area (Å²) in [5.74, 6) is 0. The molecule has 18 heavy (non-hydrogen) atoms. The Hall–Kier alpha value is -1.13. The van der Waals surface area contributed by atoms with Gasteiger partial charge in [0.25, 0.3) is 0 Å². The largest absolute Gasteiger partial charge is 0.359 e. The molecule has 1 aliphatic heterocycles. The van der Waals surface area contributed by atoms with Gasteiger partial charge in [-0.05, 0) is 57.6 Å². The van der Waals surface area contributed by atoms with Crippen LogP contribution in [0.1, 0.15) is 18.4 Å². The summed E-state index contributed by atoms with van der Waals surface area (Å²) in [6.07, 6.45) is 2.43. The molecule has 0 radical (unpaired) electrons. The molecule has 4 heteroatoms. The third-order valence-electron chi connectivity index (χ3n) is 3.59. The molecule has 2 aromatic rings. The standard InChI is InChI=1S/C14H19N3S/c1-10-3-4-12-13(9-10)18-14(16-12)15-11-5-7-17(2)8-6-11/h3-4,9,11H,5-8H2,1-2H3,(H,15,16). The number of thiazole rings is 1. The molecule has 1 saturated heterocycles. The van der Waals surface area contributed by atoms with E-state index < -0.39 is 0 Å². The third-order valence-corrected chi connectivity index (χ3v) is 4.54. The Morgan fingerprint density at radius 3 is 2.89 bits per heavy atom. The van der Waals surface area contributed by atoms with Gasteiger partial charge >= 0.3 is 0 Å². The zero-order chi connectivity index (χ0) is 12.5. The Morgan fingerprint density at radius 2 is 2.11 bits per heavy atom. The highest BCUT2D eigenvalue weighted by molar-refractivity contribution is 7.22. The normalized spacial score (nSPS) is 18.3. The Bertz CT molecular complexity index is 541. The summed E-state index contributed by atoms with van der Waals surface area (Å²) in [7, 11) is 2.19. The lowest BCUT2D eigenvalue weighted by molar-refractivity contribution is 0.264. The number of hydrogen-bond donors (Lipinski definition) is 1. The second kappa shape index (κ2) is 4.86. The molecule has 1 N–H and O–H groups in total. The summed E-state index contributed by atoms with van der Waals surface area (Å²) >= 11 is 1.77. The summed E-state index contributed by atoms with van der Waals surface area (Å²) in [6.45, 7) is 4.49. The maximum atomic E-state index is 4.66. The minimum absolute atomic E-state index is 0.586. The van der Waals surface area contributed by atoms with Crippen LogP contribution in [0.5, 0.6) is 0 Å². The highest BCUT2D eigenvalue weighted by atomic mass is 32.1. The van der Waals surface area contributed by atoms with Gasteiger partial charge in [0.2, 0.25) is 0 Å². The van der Waals surface area contributed by atoms with Crippen molar-refractivity contribution in [3.05, 3.63) is 23.8 Å². The van der Waals surface area contributed by atoms with Gasteiger partial charge in [-0.25, -0.2) is 4.98 Å². The fourth-order valence-electron chi connectivity index (χ4n) is 2.42. The zero-order valence-electron chi connectivity index (χ0n) is 10.9. The Kier molecular flexibility index (Phi) is 3.22. The maximum absolute atomic E-state index is 4.66. The second-order valence-corrected chi connectivity index (χ2v) is 6.24. The van der Waals surface area contributed by atoms with Crippen molar-refractivity contribution in [2.24, 2.45) is 0 Å². The number of aromatic nitrogens is 1. The van der Waals surface area contributed by atoms with Crippen LogP contribution in [0.3, 0.4) is 0 Å². The number of piperidine rings is 1. The number of nitrogens with one attached hydrogen (secondary N) is 1. The van der Waals surface area contributed by atoms with E-state index in [1.54, 1.807) is 11.3 Å². The molecule has 0 atom stereocenters. The first-order valence-electron chi connectivity index (χ1n) is 6.53. The van der Waals surface area contributed by atoms with Crippen LogP contribution < -0.4 is 5.32 Å². The van der Waals surface area contributed by atoms with Crippen LogP contribution in [0.4, 0.5) is 5.13 Å². The lowest BCUT2D eigenvalue weighted by atomic mass is 10.1. The molecule has 1 aliphatic rings. The third kappa shape index (κ3) is 2.49. The van der Waals surface area contributed by atoms with Gasteiger partial charge in [-0.15, -0.1) is 0 Å². The monoisotopic (exact) mass is 261 g/mol. The van der Waals surface area contributed by atoms with E-state index in [9.17, 15) is 0 Å². The number of likely N-dealkylation sites (tertiary alicyclic amines) is 1. The second-order valence-electron chi connectivity index (χ2n) is 5.21. The van der Waals surface area contributed by atoms with Crippen LogP contribution >= 0.6 is 11.3 Å². The number of anilines is 1. The minimum Gasteiger partial charge on any atom is -0.359 e. The smallest absolute Gasteiger partial charge is 0.184 e. The van der Waals surface area contributed by atoms with Gasteiger partial charge in [0, 0.05) is 6.04 Å². The predicted molar refractivity (Wildman–Crippen MR) is 78.5 cm³/mol. The topological polar surface area (TPSA) is 28.2 Å². The van der Waals surface area contributed by atoms with E-state index in [2.05, 4.69) is 47.4 Å². The van der Waals surface area contributed by atoms with Gasteiger partial charge in [0.1, 0.15) is 0 Å². The lowest BCUT2D eigenvalue weighted by Crippen LogP contribution is -2.36. The number of benzene rings is 1. The molecule has 0 saturated carbocycles. The van der Waals surface area contributed by atoms with Crippen molar-refractivity contribution in [3.8, 4) is 0 Å². The van der Waals surface area contributed by atoms with Gasteiger partial charge in [-0.2, -0.15) is 0 Å². The summed E-state index contributed by atoms with van der Waals surface area (Å²) in [6, 6.07) is 7.04. The van der Waals surface area contributed by atoms with Crippen molar-refractivity contribution in [3.63, 3.8) is 0 Å². The molecule has 0 aliphatic carbocycles. The molecule has 3 rings (SSSR count).